The molecule has 0 aliphatic rings. The summed E-state index contributed by atoms with van der Waals surface area (Å²) >= 11 is 0. The maximum atomic E-state index is 13.1. The summed E-state index contributed by atoms with van der Waals surface area (Å²) in [5.41, 5.74) is 9.96. The average Bonchev–Trinajstić information content (AvgIpc) is 3.04. The molecule has 3 rings (SSSR count). The summed E-state index contributed by atoms with van der Waals surface area (Å²) in [5, 5.41) is 4.15. The van der Waals surface area contributed by atoms with Crippen LogP contribution in [0.5, 0.6) is 0 Å². The van der Waals surface area contributed by atoms with E-state index < -0.39 is 10.0 Å². The molecule has 3 N–H and O–H groups in total. The van der Waals surface area contributed by atoms with Gasteiger partial charge < -0.3 is 5.73 Å². The Morgan fingerprint density at radius 1 is 1.19 bits per heavy atom. The lowest BCUT2D eigenvalue weighted by Gasteiger charge is -2.15. The molecule has 0 unspecified atom stereocenters. The maximum Gasteiger partial charge on any atom is 0.262 e. The normalized spacial score (nSPS) is 11.5. The molecule has 0 bridgehead atoms. The predicted octanol–water partition coefficient (Wildman–Crippen LogP) is 3.34. The van der Waals surface area contributed by atoms with Gasteiger partial charge in [0, 0.05) is 18.8 Å². The van der Waals surface area contributed by atoms with Crippen molar-refractivity contribution in [3.8, 4) is 11.1 Å². The van der Waals surface area contributed by atoms with Gasteiger partial charge in [-0.25, -0.2) is 8.42 Å². The summed E-state index contributed by atoms with van der Waals surface area (Å²) in [4.78, 5) is 0.254. The zero-order chi connectivity index (χ0) is 18.9. The molecule has 26 heavy (non-hydrogen) atoms. The fourth-order valence-corrected chi connectivity index (χ4v) is 4.36. The van der Waals surface area contributed by atoms with Crippen LogP contribution in [0.4, 0.5) is 11.4 Å². The van der Waals surface area contributed by atoms with E-state index in [1.54, 1.807) is 29.1 Å². The number of benzene rings is 2. The van der Waals surface area contributed by atoms with Gasteiger partial charge in [0.1, 0.15) is 0 Å². The van der Waals surface area contributed by atoms with Gasteiger partial charge in [-0.15, -0.1) is 0 Å². The Bertz CT molecular complexity index is 1030. The number of nitrogens with one attached hydrogen (secondary N) is 1. The van der Waals surface area contributed by atoms with Gasteiger partial charge in [0.2, 0.25) is 0 Å². The van der Waals surface area contributed by atoms with Crippen molar-refractivity contribution >= 4 is 21.4 Å². The van der Waals surface area contributed by atoms with Crippen LogP contribution in [0.2, 0.25) is 0 Å². The fraction of sp³-hybridized carbons (Fsp3) is 0.211. The molecule has 0 spiro atoms. The Hall–Kier alpha value is -2.80. The molecule has 7 heteroatoms. The quantitative estimate of drug-likeness (QED) is 0.674. The lowest BCUT2D eigenvalue weighted by molar-refractivity contribution is 0.600. The zero-order valence-electron chi connectivity index (χ0n) is 15.0. The summed E-state index contributed by atoms with van der Waals surface area (Å²) in [7, 11) is -1.96. The molecule has 0 atom stereocenters. The minimum atomic E-state index is -3.78. The highest BCUT2D eigenvalue weighted by molar-refractivity contribution is 7.92. The summed E-state index contributed by atoms with van der Waals surface area (Å²) < 4.78 is 30.5. The Balaban J connectivity index is 2.08. The van der Waals surface area contributed by atoms with E-state index in [-0.39, 0.29) is 4.90 Å². The highest BCUT2D eigenvalue weighted by atomic mass is 32.2. The van der Waals surface area contributed by atoms with Gasteiger partial charge in [-0.3, -0.25) is 9.40 Å². The third kappa shape index (κ3) is 3.43. The summed E-state index contributed by atoms with van der Waals surface area (Å²) in [6.07, 6.45) is 4.17. The molecule has 0 aliphatic heterocycles. The van der Waals surface area contributed by atoms with Gasteiger partial charge in [-0.2, -0.15) is 5.10 Å². The van der Waals surface area contributed by atoms with Crippen LogP contribution in [0.1, 0.15) is 18.1 Å². The molecule has 0 saturated carbocycles. The molecule has 136 valence electrons. The van der Waals surface area contributed by atoms with Crippen molar-refractivity contribution in [3.05, 3.63) is 59.9 Å². The number of anilines is 2. The van der Waals surface area contributed by atoms with Crippen molar-refractivity contribution in [1.82, 2.24) is 9.78 Å². The maximum absolute atomic E-state index is 13.1. The van der Waals surface area contributed by atoms with Gasteiger partial charge in [0.25, 0.3) is 10.0 Å². The fourth-order valence-electron chi connectivity index (χ4n) is 2.87. The minimum Gasteiger partial charge on any atom is -0.397 e. The Morgan fingerprint density at radius 2 is 1.96 bits per heavy atom. The third-order valence-corrected chi connectivity index (χ3v) is 5.75. The van der Waals surface area contributed by atoms with Crippen LogP contribution in [-0.4, -0.2) is 18.2 Å². The Morgan fingerprint density at radius 3 is 2.58 bits per heavy atom. The standard InChI is InChI=1S/C19H22N4O2S/c1-4-14-8-9-15(16-11-21-23(3)12-16)10-18(14)26(24,25)22-19-13(2)6-5-7-17(19)20/h5-12,22H,4,20H2,1-3H3. The molecule has 1 heterocycles. The first kappa shape index (κ1) is 18.0. The van der Waals surface area contributed by atoms with Crippen molar-refractivity contribution in [2.45, 2.75) is 25.2 Å². The largest absolute Gasteiger partial charge is 0.397 e. The van der Waals surface area contributed by atoms with Crippen molar-refractivity contribution < 1.29 is 8.42 Å². The SMILES string of the molecule is CCc1ccc(-c2cnn(C)c2)cc1S(=O)(=O)Nc1c(C)cccc1N. The molecule has 3 aromatic rings. The molecule has 0 radical (unpaired) electrons. The van der Waals surface area contributed by atoms with E-state index in [0.29, 0.717) is 17.8 Å². The zero-order valence-corrected chi connectivity index (χ0v) is 15.8. The van der Waals surface area contributed by atoms with Crippen LogP contribution in [0.15, 0.2) is 53.7 Å². The van der Waals surface area contributed by atoms with E-state index in [9.17, 15) is 8.42 Å². The third-order valence-electron chi connectivity index (χ3n) is 4.32. The van der Waals surface area contributed by atoms with E-state index >= 15 is 0 Å². The number of hydrogen-bond acceptors (Lipinski definition) is 4. The van der Waals surface area contributed by atoms with Crippen LogP contribution in [0.3, 0.4) is 0 Å². The minimum absolute atomic E-state index is 0.254. The average molecular weight is 370 g/mol. The van der Waals surface area contributed by atoms with Crippen molar-refractivity contribution in [3.63, 3.8) is 0 Å². The number of para-hydroxylation sites is 1. The smallest absolute Gasteiger partial charge is 0.262 e. The van der Waals surface area contributed by atoms with Gasteiger partial charge in [0.05, 0.1) is 22.5 Å². The van der Waals surface area contributed by atoms with E-state index in [4.69, 9.17) is 5.73 Å². The lowest BCUT2D eigenvalue weighted by Crippen LogP contribution is -2.17. The second-order valence-electron chi connectivity index (χ2n) is 6.22. The summed E-state index contributed by atoms with van der Waals surface area (Å²) in [5.74, 6) is 0. The molecule has 0 fully saturated rings. The first-order valence-corrected chi connectivity index (χ1v) is 9.80. The topological polar surface area (TPSA) is 90.0 Å². The van der Waals surface area contributed by atoms with Crippen molar-refractivity contribution in [2.75, 3.05) is 10.5 Å². The first-order chi connectivity index (χ1) is 12.3. The van der Waals surface area contributed by atoms with Crippen LogP contribution < -0.4 is 10.5 Å². The summed E-state index contributed by atoms with van der Waals surface area (Å²) in [6.45, 7) is 3.75. The second-order valence-corrected chi connectivity index (χ2v) is 7.87. The Kier molecular flexibility index (Phi) is 4.73. The number of sulfonamides is 1. The molecule has 2 aromatic carbocycles. The van der Waals surface area contributed by atoms with Gasteiger partial charge in [-0.1, -0.05) is 31.2 Å². The Labute approximate surface area is 153 Å². The van der Waals surface area contributed by atoms with E-state index in [1.807, 2.05) is 45.3 Å². The highest BCUT2D eigenvalue weighted by Gasteiger charge is 2.21. The van der Waals surface area contributed by atoms with Crippen LogP contribution in [-0.2, 0) is 23.5 Å². The monoisotopic (exact) mass is 370 g/mol. The van der Waals surface area contributed by atoms with Crippen molar-refractivity contribution in [1.29, 1.82) is 0 Å². The van der Waals surface area contributed by atoms with E-state index in [1.165, 1.54) is 0 Å². The second kappa shape index (κ2) is 6.84. The highest BCUT2D eigenvalue weighted by Crippen LogP contribution is 2.30. The number of nitrogen functional groups attached to an aromatic ring is 1. The van der Waals surface area contributed by atoms with Gasteiger partial charge in [-0.05, 0) is 42.2 Å². The number of nitrogens with zero attached hydrogens (tertiary/aromatic N) is 2. The predicted molar refractivity (Wildman–Crippen MR) is 104 cm³/mol. The molecule has 6 nitrogen and oxygen atoms in total. The molecule has 0 saturated heterocycles. The molecular formula is C19H22N4O2S. The first-order valence-electron chi connectivity index (χ1n) is 8.31. The van der Waals surface area contributed by atoms with Gasteiger partial charge >= 0.3 is 0 Å². The number of aromatic nitrogens is 2. The van der Waals surface area contributed by atoms with Crippen molar-refractivity contribution in [2.24, 2.45) is 7.05 Å². The number of aryl methyl sites for hydroxylation is 3. The molecule has 0 amide bonds. The molecule has 0 aliphatic carbocycles. The van der Waals surface area contributed by atoms with Crippen LogP contribution >= 0.6 is 0 Å². The lowest BCUT2D eigenvalue weighted by atomic mass is 10.1. The van der Waals surface area contributed by atoms with E-state index in [0.717, 1.165) is 22.3 Å². The van der Waals surface area contributed by atoms with E-state index in [2.05, 4.69) is 9.82 Å². The van der Waals surface area contributed by atoms with Crippen LogP contribution in [0, 0.1) is 6.92 Å². The van der Waals surface area contributed by atoms with Crippen LogP contribution in [0.25, 0.3) is 11.1 Å². The number of rotatable bonds is 5. The number of hydrogen-bond donors (Lipinski definition) is 2. The number of nitrogens with two attached hydrogens (primary N) is 1. The van der Waals surface area contributed by atoms with Gasteiger partial charge in [0.15, 0.2) is 0 Å². The molecule has 1 aromatic heterocycles. The molecular weight excluding hydrogens is 348 g/mol. The summed E-state index contributed by atoms with van der Waals surface area (Å²) in [6, 6.07) is 10.7.